The molecule has 0 radical (unpaired) electrons. The lowest BCUT2D eigenvalue weighted by Gasteiger charge is -2.25. The van der Waals surface area contributed by atoms with Crippen molar-refractivity contribution < 1.29 is 4.74 Å². The monoisotopic (exact) mass is 328 g/mol. The fourth-order valence-electron chi connectivity index (χ4n) is 1.86. The van der Waals surface area contributed by atoms with Gasteiger partial charge in [-0.1, -0.05) is 34.1 Å². The summed E-state index contributed by atoms with van der Waals surface area (Å²) in [6, 6.07) is 8.90. The molecule has 0 saturated carbocycles. The Hall–Kier alpha value is -0.420. The largest absolute Gasteiger partial charge is 0.385 e. The number of halogens is 1. The Balaban J connectivity index is 2.28. The molecule has 0 bridgehead atoms. The van der Waals surface area contributed by atoms with Crippen molar-refractivity contribution in [2.75, 3.05) is 33.9 Å². The highest BCUT2D eigenvalue weighted by Gasteiger charge is 2.10. The smallest absolute Gasteiger partial charge is 0.0474 e. The van der Waals surface area contributed by atoms with Gasteiger partial charge in [0.2, 0.25) is 0 Å². The van der Waals surface area contributed by atoms with Crippen LogP contribution in [0.4, 0.5) is 0 Å². The Labute approximate surface area is 125 Å². The quantitative estimate of drug-likeness (QED) is 0.705. The Morgan fingerprint density at radius 2 is 2.11 bits per heavy atom. The van der Waals surface area contributed by atoms with Crippen LogP contribution >= 0.6 is 15.9 Å². The van der Waals surface area contributed by atoms with E-state index < -0.39 is 0 Å². The number of hydrogen-bond donors (Lipinski definition) is 1. The average Bonchev–Trinajstić information content (AvgIpc) is 2.41. The third-order valence-electron chi connectivity index (χ3n) is 3.27. The molecule has 0 aliphatic heterocycles. The summed E-state index contributed by atoms with van der Waals surface area (Å²) in [7, 11) is 3.91. The molecule has 0 aliphatic carbocycles. The summed E-state index contributed by atoms with van der Waals surface area (Å²) < 4.78 is 6.22. The van der Waals surface area contributed by atoms with Crippen LogP contribution in [0.15, 0.2) is 28.7 Å². The van der Waals surface area contributed by atoms with E-state index in [1.54, 1.807) is 7.11 Å². The van der Waals surface area contributed by atoms with Crippen LogP contribution in [0.3, 0.4) is 0 Å². The van der Waals surface area contributed by atoms with Crippen LogP contribution in [-0.4, -0.2) is 44.8 Å². The van der Waals surface area contributed by atoms with Gasteiger partial charge in [0.05, 0.1) is 0 Å². The molecule has 1 atom stereocenters. The molecule has 1 unspecified atom stereocenters. The lowest BCUT2D eigenvalue weighted by Crippen LogP contribution is -2.38. The summed E-state index contributed by atoms with van der Waals surface area (Å²) in [5.74, 6) is 0. The fraction of sp³-hybridized carbons (Fsp3) is 0.600. The summed E-state index contributed by atoms with van der Waals surface area (Å²) in [6.07, 6.45) is 1.07. The van der Waals surface area contributed by atoms with Crippen molar-refractivity contribution in [1.29, 1.82) is 0 Å². The van der Waals surface area contributed by atoms with Crippen molar-refractivity contribution in [3.8, 4) is 0 Å². The Morgan fingerprint density at radius 1 is 1.37 bits per heavy atom. The summed E-state index contributed by atoms with van der Waals surface area (Å²) in [6.45, 7) is 6.06. The maximum atomic E-state index is 5.03. The van der Waals surface area contributed by atoms with Crippen molar-refractivity contribution in [3.63, 3.8) is 0 Å². The van der Waals surface area contributed by atoms with Crippen LogP contribution in [0.5, 0.6) is 0 Å². The summed E-state index contributed by atoms with van der Waals surface area (Å²) >= 11 is 3.60. The molecule has 1 rings (SSSR count). The van der Waals surface area contributed by atoms with Gasteiger partial charge in [0.15, 0.2) is 0 Å². The predicted molar refractivity (Wildman–Crippen MR) is 84.4 cm³/mol. The number of rotatable bonds is 9. The second-order valence-electron chi connectivity index (χ2n) is 4.91. The van der Waals surface area contributed by atoms with Gasteiger partial charge in [0.1, 0.15) is 0 Å². The zero-order chi connectivity index (χ0) is 14.1. The zero-order valence-corrected chi connectivity index (χ0v) is 13.7. The van der Waals surface area contributed by atoms with E-state index in [9.17, 15) is 0 Å². The Kier molecular flexibility index (Phi) is 8.30. The van der Waals surface area contributed by atoms with E-state index in [2.05, 4.69) is 58.3 Å². The molecule has 4 heteroatoms. The van der Waals surface area contributed by atoms with E-state index in [-0.39, 0.29) is 0 Å². The number of nitrogens with zero attached hydrogens (tertiary/aromatic N) is 1. The zero-order valence-electron chi connectivity index (χ0n) is 12.2. The van der Waals surface area contributed by atoms with E-state index >= 15 is 0 Å². The predicted octanol–water partition coefficient (Wildman–Crippen LogP) is 2.90. The molecule has 3 nitrogen and oxygen atoms in total. The molecule has 0 spiro atoms. The molecular weight excluding hydrogens is 304 g/mol. The number of nitrogens with one attached hydrogen (secondary N) is 1. The SMILES string of the molecule is COCCCNCC(C)N(C)Cc1ccccc1Br. The molecule has 0 aliphatic rings. The third-order valence-corrected chi connectivity index (χ3v) is 4.05. The Morgan fingerprint density at radius 3 is 2.79 bits per heavy atom. The van der Waals surface area contributed by atoms with Gasteiger partial charge in [-0.05, 0) is 38.6 Å². The first kappa shape index (κ1) is 16.6. The molecule has 108 valence electrons. The van der Waals surface area contributed by atoms with E-state index in [1.165, 1.54) is 10.0 Å². The van der Waals surface area contributed by atoms with E-state index in [0.717, 1.165) is 32.7 Å². The maximum absolute atomic E-state index is 5.03. The molecule has 0 saturated heterocycles. The Bertz CT molecular complexity index is 360. The van der Waals surface area contributed by atoms with Gasteiger partial charge in [-0.15, -0.1) is 0 Å². The highest BCUT2D eigenvalue weighted by Crippen LogP contribution is 2.17. The molecular formula is C15H25BrN2O. The molecule has 0 fully saturated rings. The molecule has 0 amide bonds. The third kappa shape index (κ3) is 6.52. The van der Waals surface area contributed by atoms with Crippen molar-refractivity contribution >= 4 is 15.9 Å². The lowest BCUT2D eigenvalue weighted by atomic mass is 10.2. The number of ether oxygens (including phenoxy) is 1. The summed E-state index contributed by atoms with van der Waals surface area (Å²) in [5.41, 5.74) is 1.33. The molecule has 19 heavy (non-hydrogen) atoms. The average molecular weight is 329 g/mol. The first-order valence-electron chi connectivity index (χ1n) is 6.78. The minimum absolute atomic E-state index is 0.509. The van der Waals surface area contributed by atoms with Crippen molar-refractivity contribution in [2.45, 2.75) is 25.9 Å². The molecule has 1 aromatic carbocycles. The highest BCUT2D eigenvalue weighted by molar-refractivity contribution is 9.10. The van der Waals surface area contributed by atoms with Crippen LogP contribution < -0.4 is 5.32 Å². The van der Waals surface area contributed by atoms with Crippen molar-refractivity contribution in [2.24, 2.45) is 0 Å². The van der Waals surface area contributed by atoms with Gasteiger partial charge >= 0.3 is 0 Å². The van der Waals surface area contributed by atoms with Gasteiger partial charge in [0, 0.05) is 37.3 Å². The van der Waals surface area contributed by atoms with Gasteiger partial charge < -0.3 is 10.1 Å². The number of likely N-dealkylation sites (N-methyl/N-ethyl adjacent to an activating group) is 1. The van der Waals surface area contributed by atoms with Crippen molar-refractivity contribution in [3.05, 3.63) is 34.3 Å². The number of hydrogen-bond acceptors (Lipinski definition) is 3. The highest BCUT2D eigenvalue weighted by atomic mass is 79.9. The van der Waals surface area contributed by atoms with Gasteiger partial charge in [-0.3, -0.25) is 4.90 Å². The summed E-state index contributed by atoms with van der Waals surface area (Å²) in [5, 5.41) is 3.47. The second-order valence-corrected chi connectivity index (χ2v) is 5.76. The summed E-state index contributed by atoms with van der Waals surface area (Å²) in [4.78, 5) is 2.36. The topological polar surface area (TPSA) is 24.5 Å². The molecule has 1 aromatic rings. The maximum Gasteiger partial charge on any atom is 0.0474 e. The van der Waals surface area contributed by atoms with Crippen LogP contribution in [0.25, 0.3) is 0 Å². The van der Waals surface area contributed by atoms with Crippen LogP contribution in [0, 0.1) is 0 Å². The van der Waals surface area contributed by atoms with Crippen molar-refractivity contribution in [1.82, 2.24) is 10.2 Å². The first-order chi connectivity index (χ1) is 9.15. The molecule has 0 aromatic heterocycles. The van der Waals surface area contributed by atoms with E-state index in [1.807, 2.05) is 6.07 Å². The van der Waals surface area contributed by atoms with Crippen LogP contribution in [0.1, 0.15) is 18.9 Å². The van der Waals surface area contributed by atoms with E-state index in [4.69, 9.17) is 4.74 Å². The van der Waals surface area contributed by atoms with Gasteiger partial charge in [-0.25, -0.2) is 0 Å². The number of methoxy groups -OCH3 is 1. The fourth-order valence-corrected chi connectivity index (χ4v) is 2.27. The minimum atomic E-state index is 0.509. The minimum Gasteiger partial charge on any atom is -0.385 e. The first-order valence-corrected chi connectivity index (χ1v) is 7.57. The van der Waals surface area contributed by atoms with Crippen LogP contribution in [0.2, 0.25) is 0 Å². The molecule has 0 heterocycles. The van der Waals surface area contributed by atoms with E-state index in [0.29, 0.717) is 6.04 Å². The van der Waals surface area contributed by atoms with Gasteiger partial charge in [-0.2, -0.15) is 0 Å². The lowest BCUT2D eigenvalue weighted by molar-refractivity contribution is 0.191. The standard InChI is InChI=1S/C15H25BrN2O/c1-13(11-17-9-6-10-19-3)18(2)12-14-7-4-5-8-15(14)16/h4-5,7-8,13,17H,6,9-12H2,1-3H3. The van der Waals surface area contributed by atoms with Gasteiger partial charge in [0.25, 0.3) is 0 Å². The number of benzene rings is 1. The normalized spacial score (nSPS) is 12.9. The second kappa shape index (κ2) is 9.48. The molecule has 1 N–H and O–H groups in total. The van der Waals surface area contributed by atoms with Crippen LogP contribution in [-0.2, 0) is 11.3 Å².